The Morgan fingerprint density at radius 2 is 1.55 bits per heavy atom. The average molecular weight is 445 g/mol. The summed E-state index contributed by atoms with van der Waals surface area (Å²) in [5.41, 5.74) is 3.44. The van der Waals surface area contributed by atoms with Crippen LogP contribution in [-0.2, 0) is 10.0 Å². The maximum atomic E-state index is 12.1. The van der Waals surface area contributed by atoms with Crippen molar-refractivity contribution in [3.8, 4) is 16.9 Å². The van der Waals surface area contributed by atoms with Crippen LogP contribution in [0, 0.1) is 0 Å². The maximum absolute atomic E-state index is 12.1. The highest BCUT2D eigenvalue weighted by Crippen LogP contribution is 2.26. The zero-order valence-corrected chi connectivity index (χ0v) is 19.8. The van der Waals surface area contributed by atoms with Gasteiger partial charge in [-0.2, -0.15) is 0 Å². The summed E-state index contributed by atoms with van der Waals surface area (Å²) in [5.74, 6) is 1.07. The summed E-state index contributed by atoms with van der Waals surface area (Å²) in [4.78, 5) is 2.45. The standard InChI is InChI=1S/C25H36N2O3S/c1-4-21(19-26-31(28,29)20(2)3)22-7-9-23(10-8-22)24-11-13-25(14-12-24)30-18-17-27-15-5-6-16-27/h7-14,20-21,26H,4-6,15-19H2,1-3H3. The van der Waals surface area contributed by atoms with E-state index in [1.165, 1.54) is 25.9 Å². The Labute approximate surface area is 187 Å². The van der Waals surface area contributed by atoms with Gasteiger partial charge in [-0.15, -0.1) is 0 Å². The van der Waals surface area contributed by atoms with Crippen molar-refractivity contribution in [1.29, 1.82) is 0 Å². The second-order valence-corrected chi connectivity index (χ2v) is 10.9. The minimum atomic E-state index is -3.24. The molecule has 1 aliphatic heterocycles. The molecule has 3 rings (SSSR count). The fourth-order valence-corrected chi connectivity index (χ4v) is 4.64. The molecule has 1 atom stereocenters. The van der Waals surface area contributed by atoms with Crippen LogP contribution in [0.15, 0.2) is 48.5 Å². The molecule has 0 aliphatic carbocycles. The molecule has 1 heterocycles. The van der Waals surface area contributed by atoms with E-state index in [1.54, 1.807) is 13.8 Å². The van der Waals surface area contributed by atoms with Crippen molar-refractivity contribution in [2.45, 2.75) is 51.2 Å². The SMILES string of the molecule is CCC(CNS(=O)(=O)C(C)C)c1ccc(-c2ccc(OCCN3CCCC3)cc2)cc1. The van der Waals surface area contributed by atoms with Gasteiger partial charge in [0.15, 0.2) is 0 Å². The zero-order chi connectivity index (χ0) is 22.3. The van der Waals surface area contributed by atoms with Crippen LogP contribution in [0.25, 0.3) is 11.1 Å². The summed E-state index contributed by atoms with van der Waals surface area (Å²) >= 11 is 0. The highest BCUT2D eigenvalue weighted by atomic mass is 32.2. The summed E-state index contributed by atoms with van der Waals surface area (Å²) in [5, 5.41) is -0.417. The normalized spacial score (nSPS) is 16.0. The summed E-state index contributed by atoms with van der Waals surface area (Å²) in [6.45, 7) is 10.0. The van der Waals surface area contributed by atoms with E-state index >= 15 is 0 Å². The van der Waals surface area contributed by atoms with Crippen molar-refractivity contribution in [1.82, 2.24) is 9.62 Å². The molecule has 5 nitrogen and oxygen atoms in total. The molecule has 170 valence electrons. The number of ether oxygens (including phenoxy) is 1. The Morgan fingerprint density at radius 3 is 2.10 bits per heavy atom. The van der Waals surface area contributed by atoms with Crippen molar-refractivity contribution in [3.63, 3.8) is 0 Å². The van der Waals surface area contributed by atoms with Crippen LogP contribution in [0.4, 0.5) is 0 Å². The minimum Gasteiger partial charge on any atom is -0.492 e. The van der Waals surface area contributed by atoms with Gasteiger partial charge in [0.2, 0.25) is 10.0 Å². The molecule has 0 radical (unpaired) electrons. The molecule has 0 amide bonds. The molecular formula is C25H36N2O3S. The number of benzene rings is 2. The molecule has 1 unspecified atom stereocenters. The Kier molecular flexibility index (Phi) is 8.52. The predicted molar refractivity (Wildman–Crippen MR) is 128 cm³/mol. The van der Waals surface area contributed by atoms with Crippen LogP contribution in [0.3, 0.4) is 0 Å². The molecular weight excluding hydrogens is 408 g/mol. The van der Waals surface area contributed by atoms with Gasteiger partial charge in [0, 0.05) is 13.1 Å². The second kappa shape index (κ2) is 11.1. The molecule has 0 aromatic heterocycles. The van der Waals surface area contributed by atoms with Gasteiger partial charge in [-0.25, -0.2) is 13.1 Å². The van der Waals surface area contributed by atoms with Gasteiger partial charge >= 0.3 is 0 Å². The molecule has 0 spiro atoms. The summed E-state index contributed by atoms with van der Waals surface area (Å²) in [6, 6.07) is 16.7. The average Bonchev–Trinajstić information content (AvgIpc) is 3.28. The van der Waals surface area contributed by atoms with Gasteiger partial charge < -0.3 is 4.74 Å². The molecule has 6 heteroatoms. The lowest BCUT2D eigenvalue weighted by molar-refractivity contribution is 0.238. The molecule has 31 heavy (non-hydrogen) atoms. The maximum Gasteiger partial charge on any atom is 0.213 e. The van der Waals surface area contributed by atoms with Crippen LogP contribution in [-0.4, -0.2) is 51.4 Å². The van der Waals surface area contributed by atoms with Crippen molar-refractivity contribution >= 4 is 10.0 Å². The van der Waals surface area contributed by atoms with Crippen LogP contribution >= 0.6 is 0 Å². The number of nitrogens with one attached hydrogen (secondary N) is 1. The van der Waals surface area contributed by atoms with Gasteiger partial charge in [-0.1, -0.05) is 43.3 Å². The number of likely N-dealkylation sites (tertiary alicyclic amines) is 1. The fraction of sp³-hybridized carbons (Fsp3) is 0.520. The zero-order valence-electron chi connectivity index (χ0n) is 19.0. The third-order valence-corrected chi connectivity index (χ3v) is 7.90. The summed E-state index contributed by atoms with van der Waals surface area (Å²) < 4.78 is 32.8. The molecule has 2 aromatic rings. The van der Waals surface area contributed by atoms with Crippen molar-refractivity contribution in [2.75, 3.05) is 32.8 Å². The number of sulfonamides is 1. The van der Waals surface area contributed by atoms with Gasteiger partial charge in [-0.05, 0) is 80.9 Å². The van der Waals surface area contributed by atoms with E-state index in [-0.39, 0.29) is 5.92 Å². The van der Waals surface area contributed by atoms with Gasteiger partial charge in [0.25, 0.3) is 0 Å². The first-order chi connectivity index (χ1) is 14.9. The van der Waals surface area contributed by atoms with E-state index < -0.39 is 15.3 Å². The lowest BCUT2D eigenvalue weighted by Crippen LogP contribution is -2.33. The number of hydrogen-bond acceptors (Lipinski definition) is 4. The third-order valence-electron chi connectivity index (χ3n) is 6.09. The van der Waals surface area contributed by atoms with E-state index in [9.17, 15) is 8.42 Å². The van der Waals surface area contributed by atoms with Crippen molar-refractivity contribution < 1.29 is 13.2 Å². The second-order valence-electron chi connectivity index (χ2n) is 8.59. The first-order valence-corrected chi connectivity index (χ1v) is 13.0. The molecule has 1 fully saturated rings. The number of hydrogen-bond donors (Lipinski definition) is 1. The van der Waals surface area contributed by atoms with Crippen LogP contribution in [0.1, 0.15) is 51.5 Å². The summed E-state index contributed by atoms with van der Waals surface area (Å²) in [6.07, 6.45) is 3.49. The van der Waals surface area contributed by atoms with Crippen LogP contribution in [0.2, 0.25) is 0 Å². The summed E-state index contributed by atoms with van der Waals surface area (Å²) in [7, 11) is -3.24. The quantitative estimate of drug-likeness (QED) is 0.548. The highest BCUT2D eigenvalue weighted by molar-refractivity contribution is 7.90. The predicted octanol–water partition coefficient (Wildman–Crippen LogP) is 4.65. The fourth-order valence-electron chi connectivity index (χ4n) is 3.87. The van der Waals surface area contributed by atoms with Crippen LogP contribution < -0.4 is 9.46 Å². The van der Waals surface area contributed by atoms with Gasteiger partial charge in [0.05, 0.1) is 5.25 Å². The van der Waals surface area contributed by atoms with Gasteiger partial charge in [-0.3, -0.25) is 4.90 Å². The Hall–Kier alpha value is -1.89. The first kappa shape index (κ1) is 23.8. The van der Waals surface area contributed by atoms with Crippen molar-refractivity contribution in [3.05, 3.63) is 54.1 Å². The highest BCUT2D eigenvalue weighted by Gasteiger charge is 2.18. The van der Waals surface area contributed by atoms with Crippen molar-refractivity contribution in [2.24, 2.45) is 0 Å². The van der Waals surface area contributed by atoms with Gasteiger partial charge in [0.1, 0.15) is 12.4 Å². The molecule has 2 aromatic carbocycles. The molecule has 1 N–H and O–H groups in total. The largest absolute Gasteiger partial charge is 0.492 e. The molecule has 0 saturated carbocycles. The van der Waals surface area contributed by atoms with Crippen LogP contribution in [0.5, 0.6) is 5.75 Å². The molecule has 1 aliphatic rings. The van der Waals surface area contributed by atoms with E-state index in [0.29, 0.717) is 6.54 Å². The number of nitrogens with zero attached hydrogens (tertiary/aromatic N) is 1. The monoisotopic (exact) mass is 444 g/mol. The molecule has 1 saturated heterocycles. The molecule has 0 bridgehead atoms. The Bertz CT molecular complexity index is 903. The third kappa shape index (κ3) is 6.79. The van der Waals surface area contributed by atoms with E-state index in [2.05, 4.69) is 52.9 Å². The van der Waals surface area contributed by atoms with E-state index in [4.69, 9.17) is 4.74 Å². The lowest BCUT2D eigenvalue weighted by atomic mass is 9.94. The lowest BCUT2D eigenvalue weighted by Gasteiger charge is -2.18. The Balaban J connectivity index is 1.55. The van der Waals surface area contributed by atoms with E-state index in [1.807, 2.05) is 12.1 Å². The topological polar surface area (TPSA) is 58.6 Å². The number of rotatable bonds is 11. The Morgan fingerprint density at radius 1 is 0.968 bits per heavy atom. The first-order valence-electron chi connectivity index (χ1n) is 11.4. The smallest absolute Gasteiger partial charge is 0.213 e. The van der Waals surface area contributed by atoms with E-state index in [0.717, 1.165) is 42.0 Å². The minimum absolute atomic E-state index is 0.161.